The summed E-state index contributed by atoms with van der Waals surface area (Å²) in [4.78, 5) is 24.3. The van der Waals surface area contributed by atoms with Gasteiger partial charge in [-0.3, -0.25) is 9.59 Å². The lowest BCUT2D eigenvalue weighted by Gasteiger charge is -2.14. The van der Waals surface area contributed by atoms with E-state index < -0.39 is 44.7 Å². The van der Waals surface area contributed by atoms with Gasteiger partial charge in [-0.05, 0) is 60.9 Å². The van der Waals surface area contributed by atoms with E-state index in [2.05, 4.69) is 10.3 Å². The topological polar surface area (TPSA) is 119 Å². The number of carbonyl (C=O) groups is 1. The van der Waals surface area contributed by atoms with Crippen molar-refractivity contribution in [2.75, 3.05) is 0 Å². The third kappa shape index (κ3) is 4.80. The van der Waals surface area contributed by atoms with Crippen molar-refractivity contribution in [2.45, 2.75) is 30.0 Å². The van der Waals surface area contributed by atoms with Crippen LogP contribution >= 0.6 is 0 Å². The minimum atomic E-state index is -4.34. The van der Waals surface area contributed by atoms with Gasteiger partial charge in [0.15, 0.2) is 26.7 Å². The van der Waals surface area contributed by atoms with Gasteiger partial charge in [-0.25, -0.2) is 21.9 Å². The van der Waals surface area contributed by atoms with Crippen molar-refractivity contribution in [1.29, 1.82) is 0 Å². The highest BCUT2D eigenvalue weighted by atomic mass is 32.2. The van der Waals surface area contributed by atoms with Gasteiger partial charge in [0.25, 0.3) is 5.56 Å². The molecule has 0 aliphatic carbocycles. The van der Waals surface area contributed by atoms with Crippen LogP contribution in [0.1, 0.15) is 12.0 Å². The van der Waals surface area contributed by atoms with E-state index in [0.717, 1.165) is 22.4 Å². The molecule has 1 atom stereocenters. The first-order valence-corrected chi connectivity index (χ1v) is 12.0. The molecule has 0 amide bonds. The van der Waals surface area contributed by atoms with Gasteiger partial charge in [0, 0.05) is 6.54 Å². The van der Waals surface area contributed by atoms with Crippen LogP contribution in [-0.4, -0.2) is 39.7 Å². The van der Waals surface area contributed by atoms with E-state index in [1.165, 1.54) is 30.3 Å². The minimum absolute atomic E-state index is 0.260. The maximum absolute atomic E-state index is 13.5. The number of carboxylic acid groups (broad SMARTS) is 1. The molecule has 0 spiro atoms. The molecule has 1 heterocycles. The molecule has 4 aromatic rings. The molecular weight excluding hydrogens is 480 g/mol. The zero-order valence-corrected chi connectivity index (χ0v) is 19.2. The first kappa shape index (κ1) is 24.1. The quantitative estimate of drug-likeness (QED) is 0.414. The minimum Gasteiger partial charge on any atom is -0.480 e. The highest BCUT2D eigenvalue weighted by molar-refractivity contribution is 7.92. The number of carboxylic acids is 1. The lowest BCUT2D eigenvalue weighted by molar-refractivity contribution is -0.136. The number of aliphatic carboxylic acids is 1. The van der Waals surface area contributed by atoms with Gasteiger partial charge in [0.05, 0.1) is 10.3 Å². The molecule has 8 nitrogen and oxygen atoms in total. The molecule has 11 heteroatoms. The fourth-order valence-electron chi connectivity index (χ4n) is 3.66. The standard InChI is InChI=1S/C24H19F2N3O5S/c1-14-2-9-21-18(12-14)23(30)29(28-27-21)11-10-22(24(31)32)35(33,34)17-6-3-15(4-7-17)16-5-8-19(25)20(26)13-16/h2-9,12-13,22H,10-11H2,1H3,(H,31,32). The summed E-state index contributed by atoms with van der Waals surface area (Å²) in [6.45, 7) is 1.52. The average molecular weight is 499 g/mol. The second-order valence-corrected chi connectivity index (χ2v) is 10.1. The SMILES string of the molecule is Cc1ccc2nnn(CCC(C(=O)O)S(=O)(=O)c3ccc(-c4ccc(F)c(F)c4)cc3)c(=O)c2c1. The fraction of sp³-hybridized carbons (Fsp3) is 0.167. The van der Waals surface area contributed by atoms with Crippen molar-refractivity contribution >= 4 is 26.7 Å². The summed E-state index contributed by atoms with van der Waals surface area (Å²) in [7, 11) is -4.34. The summed E-state index contributed by atoms with van der Waals surface area (Å²) in [5, 5.41) is 15.8. The highest BCUT2D eigenvalue weighted by Gasteiger charge is 2.34. The number of rotatable bonds is 7. The number of halogens is 2. The first-order valence-electron chi connectivity index (χ1n) is 10.4. The molecule has 0 fully saturated rings. The van der Waals surface area contributed by atoms with Gasteiger partial charge in [-0.15, -0.1) is 5.10 Å². The zero-order valence-electron chi connectivity index (χ0n) is 18.4. The maximum atomic E-state index is 13.5. The van der Waals surface area contributed by atoms with Crippen LogP contribution in [-0.2, 0) is 21.2 Å². The molecule has 1 aromatic heterocycles. The Morgan fingerprint density at radius 2 is 1.69 bits per heavy atom. The Kier molecular flexibility index (Phi) is 6.44. The van der Waals surface area contributed by atoms with E-state index >= 15 is 0 Å². The smallest absolute Gasteiger partial charge is 0.322 e. The molecule has 1 unspecified atom stereocenters. The van der Waals surface area contributed by atoms with Gasteiger partial charge < -0.3 is 5.11 Å². The summed E-state index contributed by atoms with van der Waals surface area (Å²) in [5.74, 6) is -3.64. The number of sulfone groups is 1. The predicted molar refractivity (Wildman–Crippen MR) is 124 cm³/mol. The Hall–Kier alpha value is -3.99. The number of fused-ring (bicyclic) bond motifs is 1. The molecule has 0 aliphatic heterocycles. The van der Waals surface area contributed by atoms with E-state index in [4.69, 9.17) is 0 Å². The predicted octanol–water partition coefficient (Wildman–Crippen LogP) is 3.36. The first-order chi connectivity index (χ1) is 16.6. The van der Waals surface area contributed by atoms with Gasteiger partial charge in [0.2, 0.25) is 0 Å². The largest absolute Gasteiger partial charge is 0.480 e. The van der Waals surface area contributed by atoms with Crippen LogP contribution in [0, 0.1) is 18.6 Å². The van der Waals surface area contributed by atoms with Crippen molar-refractivity contribution in [3.05, 3.63) is 88.2 Å². The van der Waals surface area contributed by atoms with Crippen LogP contribution in [0.3, 0.4) is 0 Å². The van der Waals surface area contributed by atoms with E-state index in [1.54, 1.807) is 25.1 Å². The third-order valence-electron chi connectivity index (χ3n) is 5.57. The summed E-state index contributed by atoms with van der Waals surface area (Å²) < 4.78 is 53.8. The van der Waals surface area contributed by atoms with Crippen molar-refractivity contribution < 1.29 is 27.1 Å². The number of hydrogen-bond donors (Lipinski definition) is 1. The van der Waals surface area contributed by atoms with Crippen molar-refractivity contribution in [3.63, 3.8) is 0 Å². The lowest BCUT2D eigenvalue weighted by Crippen LogP contribution is -2.34. The molecule has 3 aromatic carbocycles. The van der Waals surface area contributed by atoms with Crippen LogP contribution in [0.25, 0.3) is 22.0 Å². The number of aromatic nitrogens is 3. The van der Waals surface area contributed by atoms with Gasteiger partial charge in [-0.2, -0.15) is 0 Å². The van der Waals surface area contributed by atoms with Crippen LogP contribution in [0.2, 0.25) is 0 Å². The van der Waals surface area contributed by atoms with E-state index in [0.29, 0.717) is 22.0 Å². The Labute approximate surface area is 198 Å². The van der Waals surface area contributed by atoms with Crippen LogP contribution < -0.4 is 5.56 Å². The van der Waals surface area contributed by atoms with Gasteiger partial charge >= 0.3 is 5.97 Å². The second-order valence-electron chi connectivity index (χ2n) is 7.95. The van der Waals surface area contributed by atoms with Crippen molar-refractivity contribution in [1.82, 2.24) is 15.0 Å². The highest BCUT2D eigenvalue weighted by Crippen LogP contribution is 2.25. The summed E-state index contributed by atoms with van der Waals surface area (Å²) in [5.41, 5.74) is 1.44. The summed E-state index contributed by atoms with van der Waals surface area (Å²) in [6.07, 6.45) is -0.422. The van der Waals surface area contributed by atoms with Crippen LogP contribution in [0.15, 0.2) is 70.4 Å². The normalized spacial score (nSPS) is 12.5. The van der Waals surface area contributed by atoms with Crippen molar-refractivity contribution in [2.24, 2.45) is 0 Å². The molecule has 0 saturated heterocycles. The molecular formula is C24H19F2N3O5S. The average Bonchev–Trinajstić information content (AvgIpc) is 2.82. The molecule has 0 aliphatic rings. The zero-order chi connectivity index (χ0) is 25.3. The molecule has 35 heavy (non-hydrogen) atoms. The Bertz CT molecular complexity index is 1600. The van der Waals surface area contributed by atoms with Gasteiger partial charge in [0.1, 0.15) is 5.52 Å². The van der Waals surface area contributed by atoms with E-state index in [-0.39, 0.29) is 11.4 Å². The molecule has 0 bridgehead atoms. The van der Waals surface area contributed by atoms with Gasteiger partial charge in [-0.1, -0.05) is 35.0 Å². The molecule has 0 saturated carbocycles. The fourth-order valence-corrected chi connectivity index (χ4v) is 5.19. The maximum Gasteiger partial charge on any atom is 0.322 e. The Morgan fingerprint density at radius 1 is 1.00 bits per heavy atom. The molecule has 0 radical (unpaired) electrons. The van der Waals surface area contributed by atoms with E-state index in [9.17, 15) is 31.9 Å². The molecule has 1 N–H and O–H groups in total. The monoisotopic (exact) mass is 499 g/mol. The summed E-state index contributed by atoms with van der Waals surface area (Å²) in [6, 6.07) is 13.5. The van der Waals surface area contributed by atoms with Crippen molar-refractivity contribution in [3.8, 4) is 11.1 Å². The number of nitrogens with zero attached hydrogens (tertiary/aromatic N) is 3. The molecule has 180 valence electrons. The number of hydrogen-bond acceptors (Lipinski definition) is 6. The third-order valence-corrected chi connectivity index (χ3v) is 7.68. The van der Waals surface area contributed by atoms with Crippen LogP contribution in [0.4, 0.5) is 8.78 Å². The van der Waals surface area contributed by atoms with E-state index in [1.807, 2.05) is 0 Å². The molecule has 4 rings (SSSR count). The number of benzene rings is 3. The lowest BCUT2D eigenvalue weighted by atomic mass is 10.1. The van der Waals surface area contributed by atoms with Crippen LogP contribution in [0.5, 0.6) is 0 Å². The second kappa shape index (κ2) is 9.34. The number of aryl methyl sites for hydroxylation is 2. The Morgan fingerprint density at radius 3 is 2.34 bits per heavy atom. The Balaban J connectivity index is 1.59. The summed E-state index contributed by atoms with van der Waals surface area (Å²) >= 11 is 0.